The third kappa shape index (κ3) is 2.67. The third-order valence-corrected chi connectivity index (χ3v) is 4.77. The van der Waals surface area contributed by atoms with Gasteiger partial charge in [0.05, 0.1) is 5.54 Å². The van der Waals surface area contributed by atoms with Crippen molar-refractivity contribution in [1.82, 2.24) is 10.2 Å². The van der Waals surface area contributed by atoms with Gasteiger partial charge in [-0.05, 0) is 37.7 Å². The predicted octanol–water partition coefficient (Wildman–Crippen LogP) is 3.65. The molecule has 2 amide bonds. The molecule has 3 heteroatoms. The van der Waals surface area contributed by atoms with Crippen LogP contribution in [0, 0.1) is 0 Å². The fraction of sp³-hybridized carbons (Fsp3) is 0.588. The Morgan fingerprint density at radius 3 is 2.15 bits per heavy atom. The zero-order chi connectivity index (χ0) is 13.8. The maximum atomic E-state index is 12.5. The summed E-state index contributed by atoms with van der Waals surface area (Å²) in [6.07, 6.45) is 8.14. The smallest absolute Gasteiger partial charge is 0.318 e. The number of carbonyl (C=O) groups is 1. The van der Waals surface area contributed by atoms with Gasteiger partial charge in [-0.1, -0.05) is 43.2 Å². The molecule has 0 spiro atoms. The van der Waals surface area contributed by atoms with E-state index in [0.717, 1.165) is 38.8 Å². The van der Waals surface area contributed by atoms with Crippen molar-refractivity contribution in [3.05, 3.63) is 35.9 Å². The molecule has 108 valence electrons. The quantitative estimate of drug-likeness (QED) is 0.875. The molecule has 0 radical (unpaired) electrons. The second kappa shape index (κ2) is 5.86. The lowest BCUT2D eigenvalue weighted by molar-refractivity contribution is 0.150. The molecular weight excluding hydrogens is 248 g/mol. The summed E-state index contributed by atoms with van der Waals surface area (Å²) in [6, 6.07) is 10.6. The fourth-order valence-electron chi connectivity index (χ4n) is 3.33. The molecule has 1 aliphatic heterocycles. The van der Waals surface area contributed by atoms with Gasteiger partial charge in [0.25, 0.3) is 0 Å². The van der Waals surface area contributed by atoms with E-state index >= 15 is 0 Å². The van der Waals surface area contributed by atoms with Crippen molar-refractivity contribution >= 4 is 6.03 Å². The number of hydrogen-bond donors (Lipinski definition) is 1. The number of nitrogens with one attached hydrogen (secondary N) is 1. The molecule has 0 bridgehead atoms. The van der Waals surface area contributed by atoms with E-state index in [4.69, 9.17) is 0 Å². The minimum atomic E-state index is -0.107. The Hall–Kier alpha value is -1.51. The number of rotatable bonds is 2. The van der Waals surface area contributed by atoms with E-state index in [0.29, 0.717) is 0 Å². The van der Waals surface area contributed by atoms with E-state index in [2.05, 4.69) is 29.6 Å². The van der Waals surface area contributed by atoms with Crippen molar-refractivity contribution < 1.29 is 4.79 Å². The van der Waals surface area contributed by atoms with Crippen LogP contribution in [0.1, 0.15) is 50.5 Å². The molecule has 0 aromatic heterocycles. The number of nitrogens with zero attached hydrogens (tertiary/aromatic N) is 1. The van der Waals surface area contributed by atoms with Crippen LogP contribution in [0.3, 0.4) is 0 Å². The van der Waals surface area contributed by atoms with Gasteiger partial charge in [0, 0.05) is 13.1 Å². The summed E-state index contributed by atoms with van der Waals surface area (Å²) < 4.78 is 0. The average Bonchev–Trinajstić information content (AvgIpc) is 2.73. The van der Waals surface area contributed by atoms with Gasteiger partial charge in [-0.15, -0.1) is 0 Å². The number of benzene rings is 1. The molecule has 1 aliphatic carbocycles. The van der Waals surface area contributed by atoms with Gasteiger partial charge in [0.1, 0.15) is 0 Å². The van der Waals surface area contributed by atoms with Gasteiger partial charge in [-0.2, -0.15) is 0 Å². The molecular formula is C17H24N2O. The van der Waals surface area contributed by atoms with Crippen LogP contribution >= 0.6 is 0 Å². The van der Waals surface area contributed by atoms with Crippen LogP contribution in [-0.4, -0.2) is 24.0 Å². The standard InChI is InChI=1S/C17H24N2O/c20-16(19-13-6-1-2-7-14-19)18-17(11-8-12-17)15-9-4-3-5-10-15/h3-5,9-10H,1-2,6-8,11-14H2,(H,18,20). The van der Waals surface area contributed by atoms with Crippen LogP contribution in [-0.2, 0) is 5.54 Å². The minimum absolute atomic E-state index is 0.107. The molecule has 3 rings (SSSR count). The fourth-order valence-corrected chi connectivity index (χ4v) is 3.33. The van der Waals surface area contributed by atoms with E-state index in [1.54, 1.807) is 0 Å². The Bertz CT molecular complexity index is 445. The maximum absolute atomic E-state index is 12.5. The highest BCUT2D eigenvalue weighted by Crippen LogP contribution is 2.41. The number of likely N-dealkylation sites (tertiary alicyclic amines) is 1. The summed E-state index contributed by atoms with van der Waals surface area (Å²) in [5.74, 6) is 0. The number of carbonyl (C=O) groups excluding carboxylic acids is 1. The zero-order valence-electron chi connectivity index (χ0n) is 12.1. The first kappa shape index (κ1) is 13.5. The molecule has 20 heavy (non-hydrogen) atoms. The van der Waals surface area contributed by atoms with Crippen molar-refractivity contribution in [1.29, 1.82) is 0 Å². The number of urea groups is 1. The molecule has 1 aromatic rings. The lowest BCUT2D eigenvalue weighted by Gasteiger charge is -2.44. The summed E-state index contributed by atoms with van der Waals surface area (Å²) in [7, 11) is 0. The van der Waals surface area contributed by atoms with Gasteiger partial charge in [-0.25, -0.2) is 4.79 Å². The molecule has 2 aliphatic rings. The van der Waals surface area contributed by atoms with Gasteiger partial charge in [0.15, 0.2) is 0 Å². The Morgan fingerprint density at radius 2 is 1.60 bits per heavy atom. The molecule has 1 heterocycles. The number of hydrogen-bond acceptors (Lipinski definition) is 1. The first-order valence-electron chi connectivity index (χ1n) is 7.93. The number of amides is 2. The molecule has 0 atom stereocenters. The Kier molecular flexibility index (Phi) is 3.95. The highest BCUT2D eigenvalue weighted by molar-refractivity contribution is 5.75. The van der Waals surface area contributed by atoms with E-state index in [1.165, 1.54) is 24.8 Å². The second-order valence-corrected chi connectivity index (χ2v) is 6.13. The molecule has 1 N–H and O–H groups in total. The van der Waals surface area contributed by atoms with Crippen molar-refractivity contribution in [2.45, 2.75) is 50.5 Å². The van der Waals surface area contributed by atoms with Crippen LogP contribution < -0.4 is 5.32 Å². The first-order valence-corrected chi connectivity index (χ1v) is 7.93. The van der Waals surface area contributed by atoms with Crippen LogP contribution in [0.15, 0.2) is 30.3 Å². The maximum Gasteiger partial charge on any atom is 0.318 e. The van der Waals surface area contributed by atoms with Gasteiger partial charge < -0.3 is 10.2 Å². The molecule has 3 nitrogen and oxygen atoms in total. The van der Waals surface area contributed by atoms with E-state index in [1.807, 2.05) is 11.0 Å². The van der Waals surface area contributed by atoms with E-state index in [-0.39, 0.29) is 11.6 Å². The Labute approximate surface area is 121 Å². The highest BCUT2D eigenvalue weighted by Gasteiger charge is 2.40. The first-order chi connectivity index (χ1) is 9.80. The molecule has 0 unspecified atom stereocenters. The summed E-state index contributed by atoms with van der Waals surface area (Å²) >= 11 is 0. The monoisotopic (exact) mass is 272 g/mol. The van der Waals surface area contributed by atoms with Gasteiger partial charge in [-0.3, -0.25) is 0 Å². The second-order valence-electron chi connectivity index (χ2n) is 6.13. The molecule has 1 saturated heterocycles. The molecule has 1 aromatic carbocycles. The largest absolute Gasteiger partial charge is 0.328 e. The normalized spacial score (nSPS) is 21.7. The van der Waals surface area contributed by atoms with E-state index < -0.39 is 0 Å². The van der Waals surface area contributed by atoms with Crippen molar-refractivity contribution in [2.24, 2.45) is 0 Å². The van der Waals surface area contributed by atoms with Crippen molar-refractivity contribution in [2.75, 3.05) is 13.1 Å². The minimum Gasteiger partial charge on any atom is -0.328 e. The Balaban J connectivity index is 1.70. The van der Waals surface area contributed by atoms with Crippen LogP contribution in [0.4, 0.5) is 4.79 Å². The lowest BCUT2D eigenvalue weighted by atomic mass is 9.72. The predicted molar refractivity (Wildman–Crippen MR) is 80.5 cm³/mol. The van der Waals surface area contributed by atoms with Gasteiger partial charge >= 0.3 is 6.03 Å². The molecule has 1 saturated carbocycles. The Morgan fingerprint density at radius 1 is 0.950 bits per heavy atom. The zero-order valence-corrected chi connectivity index (χ0v) is 12.1. The van der Waals surface area contributed by atoms with Gasteiger partial charge in [0.2, 0.25) is 0 Å². The van der Waals surface area contributed by atoms with Crippen LogP contribution in [0.5, 0.6) is 0 Å². The summed E-state index contributed by atoms with van der Waals surface area (Å²) in [4.78, 5) is 14.6. The SMILES string of the molecule is O=C(NC1(c2ccccc2)CCC1)N1CCCCCC1. The van der Waals surface area contributed by atoms with Crippen molar-refractivity contribution in [3.63, 3.8) is 0 Å². The highest BCUT2D eigenvalue weighted by atomic mass is 16.2. The van der Waals surface area contributed by atoms with Crippen LogP contribution in [0.25, 0.3) is 0 Å². The summed E-state index contributed by atoms with van der Waals surface area (Å²) in [5, 5.41) is 3.33. The third-order valence-electron chi connectivity index (χ3n) is 4.77. The molecule has 2 fully saturated rings. The van der Waals surface area contributed by atoms with E-state index in [9.17, 15) is 4.79 Å². The van der Waals surface area contributed by atoms with Crippen LogP contribution in [0.2, 0.25) is 0 Å². The topological polar surface area (TPSA) is 32.3 Å². The van der Waals surface area contributed by atoms with Crippen molar-refractivity contribution in [3.8, 4) is 0 Å². The lowest BCUT2D eigenvalue weighted by Crippen LogP contribution is -2.55. The summed E-state index contributed by atoms with van der Waals surface area (Å²) in [5.41, 5.74) is 1.15. The summed E-state index contributed by atoms with van der Waals surface area (Å²) in [6.45, 7) is 1.83. The average molecular weight is 272 g/mol.